The van der Waals surface area contributed by atoms with E-state index in [1.807, 2.05) is 49.4 Å². The van der Waals surface area contributed by atoms with Gasteiger partial charge in [-0.3, -0.25) is 9.00 Å². The van der Waals surface area contributed by atoms with Gasteiger partial charge in [0.1, 0.15) is 11.5 Å². The molecule has 1 atom stereocenters. The first-order valence-corrected chi connectivity index (χ1v) is 11.2. The topological polar surface area (TPSA) is 72.2 Å². The van der Waals surface area contributed by atoms with E-state index in [9.17, 15) is 9.00 Å². The zero-order chi connectivity index (χ0) is 20.8. The Morgan fingerprint density at radius 1 is 1.14 bits per heavy atom. The molecule has 3 aromatic rings. The number of oxazole rings is 1. The zero-order valence-electron chi connectivity index (χ0n) is 16.4. The molecular formula is C22H23ClN2O3S. The predicted molar refractivity (Wildman–Crippen MR) is 116 cm³/mol. The van der Waals surface area contributed by atoms with Crippen molar-refractivity contribution in [2.75, 3.05) is 12.3 Å². The van der Waals surface area contributed by atoms with E-state index in [1.165, 1.54) is 5.56 Å². The maximum atomic E-state index is 12.4. The quantitative estimate of drug-likeness (QED) is 0.580. The SMILES string of the molecule is Cc1ccc(CCNC(=O)C[S@@](=O)Cc2nc(-c3ccccc3Cl)oc2C)cc1. The molecule has 0 aliphatic heterocycles. The van der Waals surface area contributed by atoms with Crippen molar-refractivity contribution in [1.82, 2.24) is 10.3 Å². The largest absolute Gasteiger partial charge is 0.441 e. The van der Waals surface area contributed by atoms with E-state index >= 15 is 0 Å². The molecule has 1 heterocycles. The summed E-state index contributed by atoms with van der Waals surface area (Å²) in [7, 11) is -1.38. The summed E-state index contributed by atoms with van der Waals surface area (Å²) in [5.41, 5.74) is 3.62. The third-order valence-corrected chi connectivity index (χ3v) is 5.95. The highest BCUT2D eigenvalue weighted by Gasteiger charge is 2.17. The molecule has 1 amide bonds. The summed E-state index contributed by atoms with van der Waals surface area (Å²) in [6.45, 7) is 4.31. The van der Waals surface area contributed by atoms with Crippen LogP contribution in [-0.2, 0) is 27.8 Å². The fourth-order valence-corrected chi connectivity index (χ4v) is 4.10. The van der Waals surface area contributed by atoms with Crippen LogP contribution in [-0.4, -0.2) is 27.4 Å². The molecule has 29 heavy (non-hydrogen) atoms. The number of carbonyl (C=O) groups is 1. The van der Waals surface area contributed by atoms with Crippen LogP contribution in [0.1, 0.15) is 22.6 Å². The molecule has 7 heteroatoms. The molecule has 0 radical (unpaired) electrons. The Kier molecular flexibility index (Phi) is 7.23. The molecule has 0 bridgehead atoms. The number of nitrogens with one attached hydrogen (secondary N) is 1. The summed E-state index contributed by atoms with van der Waals surface area (Å²) in [5, 5.41) is 3.36. The van der Waals surface area contributed by atoms with Crippen LogP contribution >= 0.6 is 11.6 Å². The molecule has 5 nitrogen and oxygen atoms in total. The Morgan fingerprint density at radius 3 is 2.59 bits per heavy atom. The van der Waals surface area contributed by atoms with Crippen molar-refractivity contribution < 1.29 is 13.4 Å². The van der Waals surface area contributed by atoms with E-state index in [4.69, 9.17) is 16.0 Å². The molecule has 1 aromatic heterocycles. The Balaban J connectivity index is 1.50. The number of hydrogen-bond donors (Lipinski definition) is 1. The van der Waals surface area contributed by atoms with Crippen molar-refractivity contribution in [3.05, 3.63) is 76.1 Å². The number of carbonyl (C=O) groups excluding carboxylic acids is 1. The highest BCUT2D eigenvalue weighted by Crippen LogP contribution is 2.28. The average Bonchev–Trinajstić information content (AvgIpc) is 3.03. The molecule has 0 unspecified atom stereocenters. The van der Waals surface area contributed by atoms with Gasteiger partial charge in [0.2, 0.25) is 11.8 Å². The number of rotatable bonds is 8. The highest BCUT2D eigenvalue weighted by atomic mass is 35.5. The second-order valence-corrected chi connectivity index (χ2v) is 8.68. The number of amides is 1. The molecular weight excluding hydrogens is 408 g/mol. The Hall–Kier alpha value is -2.44. The van der Waals surface area contributed by atoms with E-state index in [0.29, 0.717) is 34.5 Å². The monoisotopic (exact) mass is 430 g/mol. The van der Waals surface area contributed by atoms with Gasteiger partial charge in [0.05, 0.1) is 22.0 Å². The number of aromatic nitrogens is 1. The van der Waals surface area contributed by atoms with Gasteiger partial charge in [-0.2, -0.15) is 0 Å². The molecule has 0 saturated heterocycles. The highest BCUT2D eigenvalue weighted by molar-refractivity contribution is 7.84. The second kappa shape index (κ2) is 9.85. The van der Waals surface area contributed by atoms with Crippen molar-refractivity contribution in [1.29, 1.82) is 0 Å². The van der Waals surface area contributed by atoms with Gasteiger partial charge >= 0.3 is 0 Å². The van der Waals surface area contributed by atoms with Crippen molar-refractivity contribution in [3.8, 4) is 11.5 Å². The summed E-state index contributed by atoms with van der Waals surface area (Å²) in [6.07, 6.45) is 0.738. The molecule has 1 N–H and O–H groups in total. The Labute approximate surface area is 178 Å². The van der Waals surface area contributed by atoms with Crippen molar-refractivity contribution >= 4 is 28.3 Å². The van der Waals surface area contributed by atoms with Crippen LogP contribution < -0.4 is 5.32 Å². The van der Waals surface area contributed by atoms with Gasteiger partial charge in [0, 0.05) is 17.3 Å². The minimum atomic E-state index is -1.38. The summed E-state index contributed by atoms with van der Waals surface area (Å²) >= 11 is 6.18. The normalized spacial score (nSPS) is 12.0. The molecule has 3 rings (SSSR count). The average molecular weight is 431 g/mol. The number of benzene rings is 2. The van der Waals surface area contributed by atoms with E-state index in [0.717, 1.165) is 12.0 Å². The first-order chi connectivity index (χ1) is 13.9. The number of nitrogens with zero attached hydrogens (tertiary/aromatic N) is 1. The van der Waals surface area contributed by atoms with Gasteiger partial charge in [-0.1, -0.05) is 53.6 Å². The molecule has 0 aliphatic carbocycles. The maximum absolute atomic E-state index is 12.4. The van der Waals surface area contributed by atoms with Gasteiger partial charge in [-0.25, -0.2) is 4.98 Å². The molecule has 0 fully saturated rings. The summed E-state index contributed by atoms with van der Waals surface area (Å²) in [6, 6.07) is 15.4. The van der Waals surface area contributed by atoms with E-state index < -0.39 is 10.8 Å². The first kappa shape index (κ1) is 21.3. The predicted octanol–water partition coefficient (Wildman–Crippen LogP) is 4.22. The standard InChI is InChI=1S/C22H23ClN2O3S/c1-15-7-9-17(10-8-15)11-12-24-21(26)14-29(27)13-20-16(2)28-22(25-20)18-5-3-4-6-19(18)23/h3-10H,11-14H2,1-2H3,(H,24,26)/t29-/m0/s1. The first-order valence-electron chi connectivity index (χ1n) is 9.31. The molecule has 2 aromatic carbocycles. The molecule has 152 valence electrons. The fourth-order valence-electron chi connectivity index (χ4n) is 2.81. The lowest BCUT2D eigenvalue weighted by molar-refractivity contribution is -0.118. The van der Waals surface area contributed by atoms with Crippen molar-refractivity contribution in [3.63, 3.8) is 0 Å². The fraction of sp³-hybridized carbons (Fsp3) is 0.273. The van der Waals surface area contributed by atoms with Crippen LogP contribution in [0.5, 0.6) is 0 Å². The van der Waals surface area contributed by atoms with Crippen LogP contribution in [0.4, 0.5) is 0 Å². The molecule has 0 saturated carbocycles. The van der Waals surface area contributed by atoms with Crippen LogP contribution in [0.15, 0.2) is 52.9 Å². The van der Waals surface area contributed by atoms with Crippen molar-refractivity contribution in [2.45, 2.75) is 26.0 Å². The number of halogens is 1. The van der Waals surface area contributed by atoms with Crippen molar-refractivity contribution in [2.24, 2.45) is 0 Å². The van der Waals surface area contributed by atoms with Crippen LogP contribution in [0.3, 0.4) is 0 Å². The second-order valence-electron chi connectivity index (χ2n) is 6.82. The minimum Gasteiger partial charge on any atom is -0.441 e. The third-order valence-electron chi connectivity index (χ3n) is 4.44. The van der Waals surface area contributed by atoms with E-state index in [1.54, 1.807) is 13.0 Å². The van der Waals surface area contributed by atoms with E-state index in [2.05, 4.69) is 10.3 Å². The lowest BCUT2D eigenvalue weighted by Crippen LogP contribution is -2.30. The summed E-state index contributed by atoms with van der Waals surface area (Å²) in [4.78, 5) is 16.5. The maximum Gasteiger partial charge on any atom is 0.232 e. The van der Waals surface area contributed by atoms with E-state index in [-0.39, 0.29) is 17.4 Å². The van der Waals surface area contributed by atoms with Crippen LogP contribution in [0.2, 0.25) is 5.02 Å². The van der Waals surface area contributed by atoms with Gasteiger partial charge in [-0.15, -0.1) is 0 Å². The van der Waals surface area contributed by atoms with Crippen LogP contribution in [0.25, 0.3) is 11.5 Å². The molecule has 0 aliphatic rings. The minimum absolute atomic E-state index is 0.0678. The third kappa shape index (κ3) is 6.02. The van der Waals surface area contributed by atoms with Gasteiger partial charge in [0.25, 0.3) is 0 Å². The van der Waals surface area contributed by atoms with Gasteiger partial charge in [-0.05, 0) is 38.0 Å². The zero-order valence-corrected chi connectivity index (χ0v) is 18.0. The summed E-state index contributed by atoms with van der Waals surface area (Å²) in [5.74, 6) is 0.825. The Morgan fingerprint density at radius 2 is 1.86 bits per heavy atom. The summed E-state index contributed by atoms with van der Waals surface area (Å²) < 4.78 is 18.1. The number of aryl methyl sites for hydroxylation is 2. The lowest BCUT2D eigenvalue weighted by Gasteiger charge is -2.05. The smallest absolute Gasteiger partial charge is 0.232 e. The van der Waals surface area contributed by atoms with Crippen LogP contribution in [0, 0.1) is 13.8 Å². The number of hydrogen-bond acceptors (Lipinski definition) is 4. The lowest BCUT2D eigenvalue weighted by atomic mass is 10.1. The van der Waals surface area contributed by atoms with Gasteiger partial charge < -0.3 is 9.73 Å². The molecule has 0 spiro atoms. The van der Waals surface area contributed by atoms with Gasteiger partial charge in [0.15, 0.2) is 0 Å². The Bertz CT molecular complexity index is 1020.